The number of benzene rings is 1. The molecule has 0 bridgehead atoms. The average Bonchev–Trinajstić information content (AvgIpc) is 3.52. The lowest BCUT2D eigenvalue weighted by Gasteiger charge is -2.08. The molecule has 0 spiro atoms. The van der Waals surface area contributed by atoms with E-state index in [-0.39, 0.29) is 27.2 Å². The van der Waals surface area contributed by atoms with Gasteiger partial charge in [0.1, 0.15) is 22.2 Å². The second kappa shape index (κ2) is 8.94. The van der Waals surface area contributed by atoms with E-state index in [9.17, 15) is 26.8 Å². The molecule has 14 heteroatoms. The Balaban J connectivity index is 1.64. The van der Waals surface area contributed by atoms with Gasteiger partial charge in [-0.05, 0) is 39.0 Å². The number of carbonyl (C=O) groups excluding carboxylic acids is 2. The average molecular weight is 554 g/mol. The Bertz CT molecular complexity index is 1950. The van der Waals surface area contributed by atoms with Crippen LogP contribution in [0.4, 0.5) is 8.78 Å². The van der Waals surface area contributed by atoms with Crippen molar-refractivity contribution >= 4 is 32.7 Å². The standard InChI is InChI=1S/C25H21F2N7O4S/c1-11-19(10-33(4)31-11)39(37,38)34-13(3)20(12(2)32-34)14-7-16-17(9-30-25(16)29-8-14)23(35)21-18(26)6-5-15(22(21)27)24(28)36/h5-10H,1-4H3,(H2,28,36)(H,29,30). The van der Waals surface area contributed by atoms with Crippen LogP contribution in [0.1, 0.15) is 43.4 Å². The van der Waals surface area contributed by atoms with E-state index in [1.165, 1.54) is 23.3 Å². The number of primary amides is 1. The molecular weight excluding hydrogens is 532 g/mol. The second-order valence-electron chi connectivity index (χ2n) is 8.95. The molecule has 0 aliphatic carbocycles. The summed E-state index contributed by atoms with van der Waals surface area (Å²) >= 11 is 0. The number of halogens is 2. The highest BCUT2D eigenvalue weighted by atomic mass is 32.2. The van der Waals surface area contributed by atoms with Crippen molar-refractivity contribution in [2.45, 2.75) is 25.7 Å². The van der Waals surface area contributed by atoms with Crippen LogP contribution in [-0.2, 0) is 17.1 Å². The van der Waals surface area contributed by atoms with E-state index in [0.29, 0.717) is 22.5 Å². The quantitative estimate of drug-likeness (QED) is 0.306. The third kappa shape index (κ3) is 4.00. The number of hydrogen-bond acceptors (Lipinski definition) is 7. The van der Waals surface area contributed by atoms with Crippen LogP contribution in [0.5, 0.6) is 0 Å². The molecule has 0 radical (unpaired) electrons. The van der Waals surface area contributed by atoms with E-state index < -0.39 is 44.5 Å². The number of fused-ring (bicyclic) bond motifs is 1. The number of hydrogen-bond donors (Lipinski definition) is 2. The number of carbonyl (C=O) groups is 2. The molecule has 5 rings (SSSR count). The van der Waals surface area contributed by atoms with Gasteiger partial charge < -0.3 is 10.7 Å². The Kier molecular flexibility index (Phi) is 5.94. The summed E-state index contributed by atoms with van der Waals surface area (Å²) in [5.74, 6) is -4.71. The number of nitrogens with two attached hydrogens (primary N) is 1. The van der Waals surface area contributed by atoms with Crippen LogP contribution in [0, 0.1) is 32.4 Å². The lowest BCUT2D eigenvalue weighted by atomic mass is 9.98. The third-order valence-electron chi connectivity index (χ3n) is 6.37. The van der Waals surface area contributed by atoms with Crippen molar-refractivity contribution < 1.29 is 26.8 Å². The van der Waals surface area contributed by atoms with Gasteiger partial charge in [0.2, 0.25) is 5.78 Å². The van der Waals surface area contributed by atoms with E-state index in [0.717, 1.165) is 16.2 Å². The molecule has 0 saturated carbocycles. The topological polar surface area (TPSA) is 159 Å². The van der Waals surface area contributed by atoms with Gasteiger partial charge in [0.25, 0.3) is 15.9 Å². The number of pyridine rings is 1. The van der Waals surface area contributed by atoms with Crippen LogP contribution in [-0.4, -0.2) is 49.0 Å². The Hall–Kier alpha value is -4.72. The van der Waals surface area contributed by atoms with E-state index in [4.69, 9.17) is 5.73 Å². The van der Waals surface area contributed by atoms with Gasteiger partial charge in [-0.1, -0.05) is 0 Å². The fourth-order valence-electron chi connectivity index (χ4n) is 4.61. The van der Waals surface area contributed by atoms with E-state index >= 15 is 0 Å². The number of aromatic nitrogens is 6. The fourth-order valence-corrected chi connectivity index (χ4v) is 6.18. The molecule has 0 aliphatic rings. The molecule has 1 amide bonds. The number of amides is 1. The van der Waals surface area contributed by atoms with Crippen LogP contribution in [0.15, 0.2) is 41.7 Å². The Morgan fingerprint density at radius 3 is 2.41 bits per heavy atom. The van der Waals surface area contributed by atoms with Crippen molar-refractivity contribution in [1.82, 2.24) is 28.9 Å². The second-order valence-corrected chi connectivity index (χ2v) is 10.7. The molecule has 0 saturated heterocycles. The van der Waals surface area contributed by atoms with Crippen LogP contribution in [0.2, 0.25) is 0 Å². The van der Waals surface area contributed by atoms with Gasteiger partial charge in [-0.2, -0.15) is 22.7 Å². The van der Waals surface area contributed by atoms with Gasteiger partial charge in [0.05, 0.1) is 28.2 Å². The van der Waals surface area contributed by atoms with Crippen LogP contribution < -0.4 is 5.73 Å². The van der Waals surface area contributed by atoms with E-state index in [1.807, 2.05) is 0 Å². The summed E-state index contributed by atoms with van der Waals surface area (Å²) in [6.07, 6.45) is 4.10. The van der Waals surface area contributed by atoms with E-state index in [2.05, 4.69) is 20.2 Å². The lowest BCUT2D eigenvalue weighted by molar-refractivity contribution is 0.0996. The number of H-pyrrole nitrogens is 1. The van der Waals surface area contributed by atoms with Gasteiger partial charge in [0.15, 0.2) is 0 Å². The first kappa shape index (κ1) is 25.9. The minimum Gasteiger partial charge on any atom is -0.366 e. The highest BCUT2D eigenvalue weighted by Gasteiger charge is 2.29. The maximum absolute atomic E-state index is 14.9. The molecule has 3 N–H and O–H groups in total. The first-order valence-electron chi connectivity index (χ1n) is 11.4. The van der Waals surface area contributed by atoms with Crippen molar-refractivity contribution in [3.63, 3.8) is 0 Å². The van der Waals surface area contributed by atoms with Gasteiger partial charge in [-0.3, -0.25) is 14.3 Å². The molecule has 11 nitrogen and oxygen atoms in total. The van der Waals surface area contributed by atoms with Gasteiger partial charge in [-0.15, -0.1) is 0 Å². The summed E-state index contributed by atoms with van der Waals surface area (Å²) in [7, 11) is -2.47. The lowest BCUT2D eigenvalue weighted by Crippen LogP contribution is -2.17. The van der Waals surface area contributed by atoms with E-state index in [1.54, 1.807) is 33.9 Å². The van der Waals surface area contributed by atoms with Gasteiger partial charge >= 0.3 is 0 Å². The Labute approximate surface area is 220 Å². The zero-order valence-corrected chi connectivity index (χ0v) is 21.9. The largest absolute Gasteiger partial charge is 0.366 e. The zero-order chi connectivity index (χ0) is 28.4. The monoisotopic (exact) mass is 553 g/mol. The van der Waals surface area contributed by atoms with Crippen LogP contribution in [0.25, 0.3) is 22.2 Å². The molecule has 5 aromatic rings. The highest BCUT2D eigenvalue weighted by molar-refractivity contribution is 7.90. The summed E-state index contributed by atoms with van der Waals surface area (Å²) < 4.78 is 58.5. The van der Waals surface area contributed by atoms with Crippen molar-refractivity contribution in [2.24, 2.45) is 12.8 Å². The summed E-state index contributed by atoms with van der Waals surface area (Å²) in [6, 6.07) is 3.20. The number of ketones is 1. The number of rotatable bonds is 6. The molecule has 39 heavy (non-hydrogen) atoms. The van der Waals surface area contributed by atoms with Crippen LogP contribution in [0.3, 0.4) is 0 Å². The molecule has 4 heterocycles. The zero-order valence-electron chi connectivity index (χ0n) is 21.1. The first-order valence-corrected chi connectivity index (χ1v) is 12.9. The minimum absolute atomic E-state index is 0.00325. The molecular formula is C25H21F2N7O4S. The molecule has 0 aliphatic heterocycles. The minimum atomic E-state index is -4.08. The SMILES string of the molecule is Cc1nn(C)cc1S(=O)(=O)n1nc(C)c(-c2cnc3[nH]cc(C(=O)c4c(F)ccc(C(N)=O)c4F)c3c2)c1C. The number of aryl methyl sites for hydroxylation is 3. The maximum Gasteiger partial charge on any atom is 0.286 e. The van der Waals surface area contributed by atoms with Crippen LogP contribution >= 0.6 is 0 Å². The summed E-state index contributed by atoms with van der Waals surface area (Å²) in [6.45, 7) is 4.77. The molecule has 1 aromatic carbocycles. The highest BCUT2D eigenvalue weighted by Crippen LogP contribution is 2.33. The number of aromatic amines is 1. The Morgan fingerprint density at radius 2 is 1.77 bits per heavy atom. The number of nitrogens with zero attached hydrogens (tertiary/aromatic N) is 5. The van der Waals surface area contributed by atoms with Crippen molar-refractivity contribution in [3.05, 3.63) is 82.2 Å². The smallest absolute Gasteiger partial charge is 0.286 e. The predicted molar refractivity (Wildman–Crippen MR) is 136 cm³/mol. The molecule has 0 atom stereocenters. The molecule has 0 fully saturated rings. The predicted octanol–water partition coefficient (Wildman–Crippen LogP) is 2.93. The van der Waals surface area contributed by atoms with Crippen molar-refractivity contribution in [1.29, 1.82) is 0 Å². The molecule has 0 unspecified atom stereocenters. The normalized spacial score (nSPS) is 11.8. The fraction of sp³-hybridized carbons (Fsp3) is 0.160. The summed E-state index contributed by atoms with van der Waals surface area (Å²) in [5.41, 5.74) is 5.56. The summed E-state index contributed by atoms with van der Waals surface area (Å²) in [5, 5.41) is 8.57. The number of nitrogens with one attached hydrogen (secondary N) is 1. The molecule has 200 valence electrons. The van der Waals surface area contributed by atoms with Crippen molar-refractivity contribution in [3.8, 4) is 11.1 Å². The van der Waals surface area contributed by atoms with Crippen molar-refractivity contribution in [2.75, 3.05) is 0 Å². The third-order valence-corrected chi connectivity index (χ3v) is 8.14. The van der Waals surface area contributed by atoms with Gasteiger partial charge in [0, 0.05) is 47.7 Å². The maximum atomic E-state index is 14.9. The summed E-state index contributed by atoms with van der Waals surface area (Å²) in [4.78, 5) is 31.9. The first-order chi connectivity index (χ1) is 18.3. The Morgan fingerprint density at radius 1 is 1.05 bits per heavy atom. The molecule has 4 aromatic heterocycles. The van der Waals surface area contributed by atoms with Gasteiger partial charge in [-0.25, -0.2) is 13.8 Å².